The van der Waals surface area contributed by atoms with E-state index in [0.717, 1.165) is 12.5 Å². The van der Waals surface area contributed by atoms with Crippen molar-refractivity contribution < 1.29 is 5.11 Å². The number of β-amino-alcohol motifs (C(OH)–C–C–N with tert-alkyl or cyclic N) is 1. The highest BCUT2D eigenvalue weighted by molar-refractivity contribution is 4.79. The van der Waals surface area contributed by atoms with Crippen LogP contribution in [0.15, 0.2) is 0 Å². The molecule has 2 rings (SSSR count). The number of rotatable bonds is 4. The number of hydrogen-bond donors (Lipinski definition) is 1. The highest BCUT2D eigenvalue weighted by Gasteiger charge is 2.25. The van der Waals surface area contributed by atoms with Crippen LogP contribution in [0.1, 0.15) is 58.3 Å². The fourth-order valence-corrected chi connectivity index (χ4v) is 3.51. The first-order chi connectivity index (χ1) is 8.29. The normalized spacial score (nSPS) is 27.2. The summed E-state index contributed by atoms with van der Waals surface area (Å²) in [4.78, 5) is 2.49. The summed E-state index contributed by atoms with van der Waals surface area (Å²) in [5.41, 5.74) is 0. The molecule has 0 aromatic carbocycles. The molecule has 0 bridgehead atoms. The molecule has 1 N–H and O–H groups in total. The monoisotopic (exact) mass is 239 g/mol. The van der Waals surface area contributed by atoms with E-state index in [1.54, 1.807) is 0 Å². The van der Waals surface area contributed by atoms with Gasteiger partial charge in [0.05, 0.1) is 6.10 Å². The molecular weight excluding hydrogens is 210 g/mol. The van der Waals surface area contributed by atoms with Gasteiger partial charge in [0.15, 0.2) is 0 Å². The van der Waals surface area contributed by atoms with Crippen molar-refractivity contribution in [3.63, 3.8) is 0 Å². The van der Waals surface area contributed by atoms with Gasteiger partial charge < -0.3 is 10.0 Å². The quantitative estimate of drug-likeness (QED) is 0.815. The first-order valence-electron chi connectivity index (χ1n) is 7.70. The molecule has 0 amide bonds. The molecule has 0 spiro atoms. The van der Waals surface area contributed by atoms with Gasteiger partial charge in [-0.2, -0.15) is 0 Å². The van der Waals surface area contributed by atoms with Crippen LogP contribution < -0.4 is 0 Å². The van der Waals surface area contributed by atoms with Gasteiger partial charge in [0.25, 0.3) is 0 Å². The van der Waals surface area contributed by atoms with Crippen LogP contribution in [0.2, 0.25) is 0 Å². The second kappa shape index (κ2) is 6.75. The smallest absolute Gasteiger partial charge is 0.0695 e. The molecule has 1 saturated heterocycles. The molecule has 100 valence electrons. The lowest BCUT2D eigenvalue weighted by atomic mass is 9.84. The van der Waals surface area contributed by atoms with E-state index in [2.05, 4.69) is 11.8 Å². The third kappa shape index (κ3) is 3.96. The third-order valence-corrected chi connectivity index (χ3v) is 4.92. The Kier molecular flexibility index (Phi) is 5.30. The Morgan fingerprint density at radius 3 is 2.29 bits per heavy atom. The molecule has 1 aliphatic heterocycles. The van der Waals surface area contributed by atoms with Crippen molar-refractivity contribution in [2.45, 2.75) is 64.4 Å². The zero-order valence-corrected chi connectivity index (χ0v) is 11.4. The lowest BCUT2D eigenvalue weighted by molar-refractivity contribution is 0.0362. The first-order valence-corrected chi connectivity index (χ1v) is 7.70. The number of hydrogen-bond acceptors (Lipinski definition) is 2. The standard InChI is InChI=1S/C15H29NO/c1-2-13-8-10-16(11-9-13)12-15(17)14-6-4-3-5-7-14/h13-15,17H,2-12H2,1H3. The minimum atomic E-state index is -0.0616. The van der Waals surface area contributed by atoms with Crippen molar-refractivity contribution in [3.05, 3.63) is 0 Å². The maximum atomic E-state index is 10.3. The molecule has 2 heteroatoms. The minimum Gasteiger partial charge on any atom is -0.392 e. The van der Waals surface area contributed by atoms with Crippen LogP contribution in [0.4, 0.5) is 0 Å². The molecule has 2 nitrogen and oxygen atoms in total. The number of nitrogens with zero attached hydrogens (tertiary/aromatic N) is 1. The van der Waals surface area contributed by atoms with Crippen molar-refractivity contribution in [2.75, 3.05) is 19.6 Å². The van der Waals surface area contributed by atoms with Gasteiger partial charge in [0.1, 0.15) is 0 Å². The van der Waals surface area contributed by atoms with E-state index in [0.29, 0.717) is 5.92 Å². The maximum Gasteiger partial charge on any atom is 0.0695 e. The van der Waals surface area contributed by atoms with Crippen LogP contribution in [0, 0.1) is 11.8 Å². The van der Waals surface area contributed by atoms with Gasteiger partial charge in [-0.1, -0.05) is 32.6 Å². The summed E-state index contributed by atoms with van der Waals surface area (Å²) >= 11 is 0. The molecular formula is C15H29NO. The molecule has 2 aliphatic rings. The van der Waals surface area contributed by atoms with E-state index in [-0.39, 0.29) is 6.10 Å². The molecule has 2 fully saturated rings. The topological polar surface area (TPSA) is 23.5 Å². The number of likely N-dealkylation sites (tertiary alicyclic amines) is 1. The van der Waals surface area contributed by atoms with E-state index in [9.17, 15) is 5.11 Å². The second-order valence-electron chi connectivity index (χ2n) is 6.12. The van der Waals surface area contributed by atoms with E-state index in [4.69, 9.17) is 0 Å². The molecule has 1 heterocycles. The summed E-state index contributed by atoms with van der Waals surface area (Å²) in [6.45, 7) is 5.66. The predicted molar refractivity (Wildman–Crippen MR) is 72.0 cm³/mol. The van der Waals surface area contributed by atoms with Crippen LogP contribution in [-0.4, -0.2) is 35.7 Å². The molecule has 0 aromatic rings. The van der Waals surface area contributed by atoms with E-state index in [1.807, 2.05) is 0 Å². The van der Waals surface area contributed by atoms with Gasteiger partial charge in [0, 0.05) is 6.54 Å². The van der Waals surface area contributed by atoms with Crippen molar-refractivity contribution in [1.82, 2.24) is 4.90 Å². The summed E-state index contributed by atoms with van der Waals surface area (Å²) in [6.07, 6.45) is 10.5. The molecule has 1 atom stereocenters. The molecule has 0 radical (unpaired) electrons. The van der Waals surface area contributed by atoms with Crippen LogP contribution in [0.25, 0.3) is 0 Å². The molecule has 17 heavy (non-hydrogen) atoms. The Hall–Kier alpha value is -0.0800. The van der Waals surface area contributed by atoms with Crippen LogP contribution in [0.3, 0.4) is 0 Å². The largest absolute Gasteiger partial charge is 0.392 e. The van der Waals surface area contributed by atoms with Gasteiger partial charge in [-0.15, -0.1) is 0 Å². The van der Waals surface area contributed by atoms with Crippen LogP contribution in [-0.2, 0) is 0 Å². The molecule has 1 unspecified atom stereocenters. The lowest BCUT2D eigenvalue weighted by Gasteiger charge is -2.35. The van der Waals surface area contributed by atoms with Gasteiger partial charge >= 0.3 is 0 Å². The minimum absolute atomic E-state index is 0.0616. The highest BCUT2D eigenvalue weighted by Crippen LogP contribution is 2.28. The molecule has 1 saturated carbocycles. The summed E-state index contributed by atoms with van der Waals surface area (Å²) in [5.74, 6) is 1.53. The SMILES string of the molecule is CCC1CCN(CC(O)C2CCCCC2)CC1. The van der Waals surface area contributed by atoms with Crippen molar-refractivity contribution in [1.29, 1.82) is 0 Å². The average molecular weight is 239 g/mol. The van der Waals surface area contributed by atoms with Crippen molar-refractivity contribution >= 4 is 0 Å². The Bertz CT molecular complexity index is 205. The molecule has 1 aliphatic carbocycles. The summed E-state index contributed by atoms with van der Waals surface area (Å²) in [7, 11) is 0. The Balaban J connectivity index is 1.69. The first kappa shape index (κ1) is 13.4. The maximum absolute atomic E-state index is 10.3. The van der Waals surface area contributed by atoms with E-state index >= 15 is 0 Å². The summed E-state index contributed by atoms with van der Waals surface area (Å²) in [6, 6.07) is 0. The number of piperidine rings is 1. The zero-order chi connectivity index (χ0) is 12.1. The van der Waals surface area contributed by atoms with Gasteiger partial charge in [-0.3, -0.25) is 0 Å². The third-order valence-electron chi connectivity index (χ3n) is 4.92. The Morgan fingerprint density at radius 2 is 1.71 bits per heavy atom. The predicted octanol–water partition coefficient (Wildman–Crippen LogP) is 3.05. The van der Waals surface area contributed by atoms with Gasteiger partial charge in [-0.05, 0) is 50.6 Å². The summed E-state index contributed by atoms with van der Waals surface area (Å²) < 4.78 is 0. The average Bonchev–Trinajstić information content (AvgIpc) is 2.40. The summed E-state index contributed by atoms with van der Waals surface area (Å²) in [5, 5.41) is 10.3. The van der Waals surface area contributed by atoms with Crippen molar-refractivity contribution in [3.8, 4) is 0 Å². The fraction of sp³-hybridized carbons (Fsp3) is 1.00. The van der Waals surface area contributed by atoms with Gasteiger partial charge in [0.2, 0.25) is 0 Å². The highest BCUT2D eigenvalue weighted by atomic mass is 16.3. The van der Waals surface area contributed by atoms with Gasteiger partial charge in [-0.25, -0.2) is 0 Å². The van der Waals surface area contributed by atoms with Crippen LogP contribution >= 0.6 is 0 Å². The van der Waals surface area contributed by atoms with E-state index in [1.165, 1.54) is 64.5 Å². The lowest BCUT2D eigenvalue weighted by Crippen LogP contribution is -2.41. The van der Waals surface area contributed by atoms with Crippen LogP contribution in [0.5, 0.6) is 0 Å². The Labute approximate surface area is 106 Å². The zero-order valence-electron chi connectivity index (χ0n) is 11.4. The number of aliphatic hydroxyl groups is 1. The number of aliphatic hydroxyl groups excluding tert-OH is 1. The van der Waals surface area contributed by atoms with E-state index < -0.39 is 0 Å². The molecule has 0 aromatic heterocycles. The Morgan fingerprint density at radius 1 is 1.06 bits per heavy atom. The second-order valence-corrected chi connectivity index (χ2v) is 6.12. The fourth-order valence-electron chi connectivity index (χ4n) is 3.51. The van der Waals surface area contributed by atoms with Crippen molar-refractivity contribution in [2.24, 2.45) is 11.8 Å².